The van der Waals surface area contributed by atoms with Crippen LogP contribution in [0.25, 0.3) is 16.6 Å². The Morgan fingerprint density at radius 2 is 2.00 bits per heavy atom. The molecule has 1 N–H and O–H groups in total. The van der Waals surface area contributed by atoms with Crippen molar-refractivity contribution in [2.75, 3.05) is 0 Å². The first kappa shape index (κ1) is 12.3. The molecule has 3 aromatic rings. The second-order valence-corrected chi connectivity index (χ2v) is 5.14. The fourth-order valence-electron chi connectivity index (χ4n) is 1.83. The van der Waals surface area contributed by atoms with Crippen LogP contribution in [0.5, 0.6) is 0 Å². The third-order valence-electron chi connectivity index (χ3n) is 2.84. The van der Waals surface area contributed by atoms with Gasteiger partial charge in [0.2, 0.25) is 0 Å². The van der Waals surface area contributed by atoms with Crippen molar-refractivity contribution in [2.24, 2.45) is 0 Å². The molecule has 94 valence electrons. The average molecular weight is 273 g/mol. The number of fused-ring (bicyclic) bond motifs is 1. The van der Waals surface area contributed by atoms with Crippen molar-refractivity contribution in [1.29, 1.82) is 0 Å². The van der Waals surface area contributed by atoms with Crippen LogP contribution in [0, 0.1) is 0 Å². The predicted molar refractivity (Wildman–Crippen MR) is 76.5 cm³/mol. The molecule has 0 saturated carbocycles. The predicted octanol–water partition coefficient (Wildman–Crippen LogP) is -0.928. The summed E-state index contributed by atoms with van der Waals surface area (Å²) in [5, 5.41) is 18.5. The molecule has 0 aliphatic carbocycles. The highest BCUT2D eigenvalue weighted by Gasteiger charge is 2.17. The number of rotatable bonds is 2. The van der Waals surface area contributed by atoms with Crippen LogP contribution in [-0.4, -0.2) is 45.2 Å². The lowest BCUT2D eigenvalue weighted by Gasteiger charge is -2.17. The minimum absolute atomic E-state index is 0.399. The smallest absolute Gasteiger partial charge is 0.159 e. The molecule has 0 amide bonds. The Labute approximate surface area is 115 Å². The van der Waals surface area contributed by atoms with Crippen LogP contribution in [0.2, 0.25) is 5.15 Å². The van der Waals surface area contributed by atoms with E-state index in [2.05, 4.69) is 15.2 Å². The fourth-order valence-corrected chi connectivity index (χ4v) is 2.01. The average Bonchev–Trinajstić information content (AvgIpc) is 2.94. The molecule has 0 spiro atoms. The van der Waals surface area contributed by atoms with E-state index >= 15 is 0 Å². The molecular weight excluding hydrogens is 263 g/mol. The number of halogens is 1. The molecule has 0 aromatic carbocycles. The van der Waals surface area contributed by atoms with Gasteiger partial charge in [-0.15, -0.1) is 0 Å². The zero-order valence-corrected chi connectivity index (χ0v) is 11.2. The summed E-state index contributed by atoms with van der Waals surface area (Å²) >= 11 is 6.00. The molecule has 19 heavy (non-hydrogen) atoms. The van der Waals surface area contributed by atoms with Gasteiger partial charge in [0.15, 0.2) is 20.8 Å². The van der Waals surface area contributed by atoms with Gasteiger partial charge in [-0.3, -0.25) is 4.68 Å². The van der Waals surface area contributed by atoms with E-state index in [1.165, 1.54) is 11.0 Å². The van der Waals surface area contributed by atoms with Gasteiger partial charge in [-0.2, -0.15) is 10.2 Å². The number of hydrogen-bond donors (Lipinski definition) is 1. The maximum atomic E-state index is 9.88. The van der Waals surface area contributed by atoms with Crippen molar-refractivity contribution < 1.29 is 5.11 Å². The summed E-state index contributed by atoms with van der Waals surface area (Å²) in [5.74, 6) is 0. The van der Waals surface area contributed by atoms with E-state index in [0.717, 1.165) is 16.6 Å². The second kappa shape index (κ2) is 4.11. The normalized spacial score (nSPS) is 12.1. The summed E-state index contributed by atoms with van der Waals surface area (Å²) in [6.45, 7) is 0. The minimum Gasteiger partial charge on any atom is -0.386 e. The molecule has 0 aliphatic heterocycles. The summed E-state index contributed by atoms with van der Waals surface area (Å²) in [4.78, 5) is 3.93. The van der Waals surface area contributed by atoms with E-state index in [4.69, 9.17) is 11.6 Å². The third-order valence-corrected chi connectivity index (χ3v) is 3.13. The molecule has 0 bridgehead atoms. The maximum absolute atomic E-state index is 9.88. The van der Waals surface area contributed by atoms with Crippen LogP contribution >= 0.6 is 11.6 Å². The lowest BCUT2D eigenvalue weighted by molar-refractivity contribution is 0.126. The molecule has 0 fully saturated rings. The Morgan fingerprint density at radius 3 is 2.63 bits per heavy atom. The molecule has 3 rings (SSSR count). The van der Waals surface area contributed by atoms with E-state index in [-0.39, 0.29) is 0 Å². The van der Waals surface area contributed by atoms with Gasteiger partial charge in [0.1, 0.15) is 11.8 Å². The first-order valence-corrected chi connectivity index (χ1v) is 6.10. The first-order valence-electron chi connectivity index (χ1n) is 5.72. The molecule has 0 unspecified atom stereocenters. The van der Waals surface area contributed by atoms with Crippen LogP contribution in [0.1, 0.15) is 0 Å². The molecule has 3 heterocycles. The first-order chi connectivity index (χ1) is 8.95. The van der Waals surface area contributed by atoms with Crippen molar-refractivity contribution in [1.82, 2.24) is 24.4 Å². The van der Waals surface area contributed by atoms with Gasteiger partial charge < -0.3 is 5.11 Å². The van der Waals surface area contributed by atoms with Gasteiger partial charge in [-0.1, -0.05) is 11.6 Å². The number of hydrogen-bond acceptors (Lipinski definition) is 4. The number of nitrogens with zero attached hydrogens (tertiary/aromatic N) is 5. The van der Waals surface area contributed by atoms with Crippen molar-refractivity contribution in [3.63, 3.8) is 0 Å². The highest BCUT2D eigenvalue weighted by atomic mass is 35.5. The maximum Gasteiger partial charge on any atom is 0.159 e. The van der Waals surface area contributed by atoms with E-state index in [0.29, 0.717) is 5.15 Å². The summed E-state index contributed by atoms with van der Waals surface area (Å²) in [5.41, 5.74) is 1.49. The Kier molecular flexibility index (Phi) is 2.65. The van der Waals surface area contributed by atoms with Gasteiger partial charge in [0.25, 0.3) is 0 Å². The molecule has 6 nitrogen and oxygen atoms in total. The van der Waals surface area contributed by atoms with Gasteiger partial charge in [-0.05, 0) is 6.07 Å². The minimum atomic E-state index is -1.03. The van der Waals surface area contributed by atoms with Crippen molar-refractivity contribution >= 4 is 32.8 Å². The lowest BCUT2D eigenvalue weighted by Crippen LogP contribution is -2.34. The summed E-state index contributed by atoms with van der Waals surface area (Å²) in [7, 11) is 3.34. The quantitative estimate of drug-likeness (QED) is 0.613. The van der Waals surface area contributed by atoms with Crippen LogP contribution in [0.15, 0.2) is 31.0 Å². The number of aromatic nitrogens is 5. The fraction of sp³-hybridized carbons (Fsp3) is 0.100. The van der Waals surface area contributed by atoms with E-state index in [9.17, 15) is 5.11 Å². The van der Waals surface area contributed by atoms with E-state index in [1.807, 2.05) is 12.3 Å². The molecule has 3 aromatic heterocycles. The Balaban J connectivity index is 2.09. The van der Waals surface area contributed by atoms with E-state index in [1.54, 1.807) is 32.6 Å². The van der Waals surface area contributed by atoms with Crippen molar-refractivity contribution in [3.05, 3.63) is 36.1 Å². The largest absolute Gasteiger partial charge is 0.386 e. The molecule has 9 heteroatoms. The van der Waals surface area contributed by atoms with E-state index < -0.39 is 5.52 Å². The lowest BCUT2D eigenvalue weighted by atomic mass is 9.73. The molecular formula is C10H10B2ClN5O. The zero-order chi connectivity index (χ0) is 13.6. The van der Waals surface area contributed by atoms with Crippen LogP contribution < -0.4 is 0 Å². The van der Waals surface area contributed by atoms with Crippen molar-refractivity contribution in [2.45, 2.75) is 5.52 Å². The van der Waals surface area contributed by atoms with Gasteiger partial charge in [-0.25, -0.2) is 9.50 Å². The van der Waals surface area contributed by atoms with Gasteiger partial charge >= 0.3 is 0 Å². The Bertz CT molecular complexity index is 748. The van der Waals surface area contributed by atoms with Crippen LogP contribution in [0.4, 0.5) is 0 Å². The van der Waals surface area contributed by atoms with Crippen LogP contribution in [-0.2, 0) is 5.52 Å². The highest BCUT2D eigenvalue weighted by molar-refractivity contribution is 6.36. The van der Waals surface area contributed by atoms with Crippen molar-refractivity contribution in [3.8, 4) is 11.1 Å². The Hall–Kier alpha value is -1.79. The molecule has 0 aliphatic rings. The third kappa shape index (κ3) is 2.13. The van der Waals surface area contributed by atoms with Gasteiger partial charge in [0, 0.05) is 23.5 Å². The molecule has 0 radical (unpaired) electrons. The van der Waals surface area contributed by atoms with Crippen LogP contribution in [0.3, 0.4) is 0 Å². The standard InChI is InChI=1S/C10H10B2ClN5O/c11-10(12,19)18-4-7(2-15-18)6-1-8-9(13)14-5-16-17(8)3-6/h1-5,19H,11-12H2. The molecule has 0 saturated heterocycles. The second-order valence-electron chi connectivity index (χ2n) is 4.78. The topological polar surface area (TPSA) is 68.2 Å². The molecule has 0 atom stereocenters. The SMILES string of the molecule is BC(B)(O)n1cc(-c2cc3c(Cl)ncnn3c2)cn1. The Morgan fingerprint density at radius 1 is 1.21 bits per heavy atom. The summed E-state index contributed by atoms with van der Waals surface area (Å²) < 4.78 is 3.16. The number of aliphatic hydroxyl groups is 1. The zero-order valence-electron chi connectivity index (χ0n) is 10.4. The summed E-state index contributed by atoms with van der Waals surface area (Å²) in [6.07, 6.45) is 6.71. The van der Waals surface area contributed by atoms with Gasteiger partial charge in [0.05, 0.1) is 11.7 Å². The monoisotopic (exact) mass is 273 g/mol. The highest BCUT2D eigenvalue weighted by Crippen LogP contribution is 2.25. The summed E-state index contributed by atoms with van der Waals surface area (Å²) in [6, 6.07) is 1.88.